The maximum atomic E-state index is 12.6. The molecule has 0 bridgehead atoms. The average molecular weight is 421 g/mol. The Balaban J connectivity index is 1.81. The molecule has 7 nitrogen and oxygen atoms in total. The van der Waals surface area contributed by atoms with Gasteiger partial charge in [-0.1, -0.05) is 19.4 Å². The molecular formula is C23H36N2O5. The highest BCUT2D eigenvalue weighted by atomic mass is 16.6. The van der Waals surface area contributed by atoms with E-state index < -0.39 is 5.60 Å². The van der Waals surface area contributed by atoms with Gasteiger partial charge in [0.15, 0.2) is 11.5 Å². The Hall–Kier alpha value is -2.44. The number of piperidine rings is 1. The minimum absolute atomic E-state index is 0.0149. The fourth-order valence-electron chi connectivity index (χ4n) is 3.25. The number of amides is 2. The zero-order valence-electron chi connectivity index (χ0n) is 19.0. The van der Waals surface area contributed by atoms with Crippen LogP contribution in [0.5, 0.6) is 11.5 Å². The maximum Gasteiger partial charge on any atom is 0.410 e. The highest BCUT2D eigenvalue weighted by molar-refractivity contribution is 5.79. The monoisotopic (exact) mass is 420 g/mol. The second-order valence-corrected chi connectivity index (χ2v) is 8.65. The molecule has 1 N–H and O–H groups in total. The first-order valence-electron chi connectivity index (χ1n) is 10.8. The number of benzene rings is 1. The number of hydrogen-bond acceptors (Lipinski definition) is 5. The van der Waals surface area contributed by atoms with Crippen molar-refractivity contribution in [1.82, 2.24) is 10.2 Å². The Morgan fingerprint density at radius 3 is 2.47 bits per heavy atom. The van der Waals surface area contributed by atoms with Crippen molar-refractivity contribution in [3.05, 3.63) is 23.8 Å². The van der Waals surface area contributed by atoms with Crippen molar-refractivity contribution in [3.8, 4) is 11.5 Å². The van der Waals surface area contributed by atoms with Crippen LogP contribution in [0.1, 0.15) is 58.9 Å². The fraction of sp³-hybridized carbons (Fsp3) is 0.652. The minimum Gasteiger partial charge on any atom is -0.493 e. The lowest BCUT2D eigenvalue weighted by molar-refractivity contribution is -0.126. The van der Waals surface area contributed by atoms with E-state index in [0.717, 1.165) is 24.2 Å². The zero-order chi connectivity index (χ0) is 22.1. The molecule has 168 valence electrons. The van der Waals surface area contributed by atoms with Gasteiger partial charge < -0.3 is 24.4 Å². The number of nitrogens with one attached hydrogen (secondary N) is 1. The Morgan fingerprint density at radius 2 is 1.87 bits per heavy atom. The van der Waals surface area contributed by atoms with Gasteiger partial charge in [-0.2, -0.15) is 0 Å². The van der Waals surface area contributed by atoms with Crippen molar-refractivity contribution in [2.45, 2.75) is 65.5 Å². The van der Waals surface area contributed by atoms with E-state index in [9.17, 15) is 9.59 Å². The summed E-state index contributed by atoms with van der Waals surface area (Å²) in [5, 5.41) is 3.00. The number of ether oxygens (including phenoxy) is 3. The third kappa shape index (κ3) is 7.43. The molecular weight excluding hydrogens is 384 g/mol. The van der Waals surface area contributed by atoms with Crippen molar-refractivity contribution in [2.24, 2.45) is 5.92 Å². The molecule has 1 aromatic carbocycles. The molecule has 0 spiro atoms. The van der Waals surface area contributed by atoms with Gasteiger partial charge in [0, 0.05) is 25.6 Å². The van der Waals surface area contributed by atoms with Crippen LogP contribution in [0.4, 0.5) is 4.79 Å². The molecule has 1 fully saturated rings. The molecule has 1 aliphatic heterocycles. The number of carbonyl (C=O) groups excluding carboxylic acids is 2. The summed E-state index contributed by atoms with van der Waals surface area (Å²) in [6.07, 6.45) is 3.03. The summed E-state index contributed by atoms with van der Waals surface area (Å²) in [7, 11) is 1.61. The third-order valence-corrected chi connectivity index (χ3v) is 4.97. The second-order valence-electron chi connectivity index (χ2n) is 8.65. The first-order valence-corrected chi connectivity index (χ1v) is 10.8. The fourth-order valence-corrected chi connectivity index (χ4v) is 3.25. The lowest BCUT2D eigenvalue weighted by Gasteiger charge is -2.32. The van der Waals surface area contributed by atoms with Gasteiger partial charge in [-0.05, 0) is 57.7 Å². The topological polar surface area (TPSA) is 77.1 Å². The maximum absolute atomic E-state index is 12.6. The van der Waals surface area contributed by atoms with Crippen LogP contribution in [0.2, 0.25) is 0 Å². The lowest BCUT2D eigenvalue weighted by Crippen LogP contribution is -2.44. The normalized spacial score (nSPS) is 14.9. The number of hydrogen-bond donors (Lipinski definition) is 1. The number of likely N-dealkylation sites (tertiary alicyclic amines) is 1. The molecule has 1 aliphatic rings. The van der Waals surface area contributed by atoms with Crippen LogP contribution in [0.25, 0.3) is 0 Å². The molecule has 2 amide bonds. The van der Waals surface area contributed by atoms with Gasteiger partial charge in [-0.3, -0.25) is 4.79 Å². The molecule has 0 aromatic heterocycles. The number of rotatable bonds is 8. The molecule has 1 saturated heterocycles. The van der Waals surface area contributed by atoms with Crippen LogP contribution in [0.15, 0.2) is 18.2 Å². The van der Waals surface area contributed by atoms with E-state index in [2.05, 4.69) is 12.2 Å². The van der Waals surface area contributed by atoms with Crippen LogP contribution < -0.4 is 14.8 Å². The highest BCUT2D eigenvalue weighted by Gasteiger charge is 2.29. The number of carbonyl (C=O) groups is 2. The van der Waals surface area contributed by atoms with E-state index in [4.69, 9.17) is 14.2 Å². The molecule has 0 radical (unpaired) electrons. The summed E-state index contributed by atoms with van der Waals surface area (Å²) in [5.74, 6) is 1.31. The Morgan fingerprint density at radius 1 is 1.17 bits per heavy atom. The van der Waals surface area contributed by atoms with E-state index in [1.807, 2.05) is 39.0 Å². The Bertz CT molecular complexity index is 706. The van der Waals surface area contributed by atoms with E-state index in [1.54, 1.807) is 12.0 Å². The van der Waals surface area contributed by atoms with Crippen molar-refractivity contribution in [3.63, 3.8) is 0 Å². The largest absolute Gasteiger partial charge is 0.493 e. The van der Waals surface area contributed by atoms with Gasteiger partial charge in [-0.15, -0.1) is 0 Å². The van der Waals surface area contributed by atoms with Crippen molar-refractivity contribution < 1.29 is 23.8 Å². The van der Waals surface area contributed by atoms with Gasteiger partial charge in [0.1, 0.15) is 5.60 Å². The van der Waals surface area contributed by atoms with E-state index in [0.29, 0.717) is 44.8 Å². The van der Waals surface area contributed by atoms with Crippen molar-refractivity contribution in [2.75, 3.05) is 26.8 Å². The Kier molecular flexibility index (Phi) is 8.81. The van der Waals surface area contributed by atoms with Crippen LogP contribution in [-0.4, -0.2) is 49.3 Å². The molecule has 0 unspecified atom stereocenters. The van der Waals surface area contributed by atoms with E-state index >= 15 is 0 Å². The van der Waals surface area contributed by atoms with Crippen LogP contribution in [0.3, 0.4) is 0 Å². The quantitative estimate of drug-likeness (QED) is 0.640. The summed E-state index contributed by atoms with van der Waals surface area (Å²) in [5.41, 5.74) is 0.442. The molecule has 0 atom stereocenters. The molecule has 30 heavy (non-hydrogen) atoms. The van der Waals surface area contributed by atoms with Crippen LogP contribution >= 0.6 is 0 Å². The van der Waals surface area contributed by atoms with E-state index in [1.165, 1.54) is 0 Å². The third-order valence-electron chi connectivity index (χ3n) is 4.97. The summed E-state index contributed by atoms with van der Waals surface area (Å²) in [6, 6.07) is 5.72. The molecule has 0 aliphatic carbocycles. The van der Waals surface area contributed by atoms with Crippen molar-refractivity contribution >= 4 is 12.0 Å². The van der Waals surface area contributed by atoms with Gasteiger partial charge in [0.2, 0.25) is 5.91 Å². The van der Waals surface area contributed by atoms with Gasteiger partial charge >= 0.3 is 6.09 Å². The SMILES string of the molecule is CCCCOc1ccc(CNC(=O)C2CCN(C(=O)OC(C)(C)C)CC2)cc1OC. The summed E-state index contributed by atoms with van der Waals surface area (Å²) < 4.78 is 16.6. The molecule has 2 rings (SSSR count). The van der Waals surface area contributed by atoms with Crippen molar-refractivity contribution in [1.29, 1.82) is 0 Å². The predicted octanol–water partition coefficient (Wildman–Crippen LogP) is 4.14. The first kappa shape index (κ1) is 23.8. The predicted molar refractivity (Wildman–Crippen MR) is 116 cm³/mol. The van der Waals surface area contributed by atoms with E-state index in [-0.39, 0.29) is 17.9 Å². The second kappa shape index (κ2) is 11.1. The standard InChI is InChI=1S/C23H36N2O5/c1-6-7-14-29-19-9-8-17(15-20(19)28-5)16-24-21(26)18-10-12-25(13-11-18)22(27)30-23(2,3)4/h8-9,15,18H,6-7,10-14,16H2,1-5H3,(H,24,26). The summed E-state index contributed by atoms with van der Waals surface area (Å²) >= 11 is 0. The highest BCUT2D eigenvalue weighted by Crippen LogP contribution is 2.28. The smallest absolute Gasteiger partial charge is 0.410 e. The van der Waals surface area contributed by atoms with Gasteiger partial charge in [0.25, 0.3) is 0 Å². The molecule has 1 heterocycles. The molecule has 7 heteroatoms. The summed E-state index contributed by atoms with van der Waals surface area (Å²) in [4.78, 5) is 26.4. The molecule has 0 saturated carbocycles. The molecule has 1 aromatic rings. The minimum atomic E-state index is -0.511. The van der Waals surface area contributed by atoms with Gasteiger partial charge in [0.05, 0.1) is 13.7 Å². The van der Waals surface area contributed by atoms with Gasteiger partial charge in [-0.25, -0.2) is 4.79 Å². The van der Waals surface area contributed by atoms with Crippen LogP contribution in [0, 0.1) is 5.92 Å². The van der Waals surface area contributed by atoms with Crippen LogP contribution in [-0.2, 0) is 16.1 Å². The number of unbranched alkanes of at least 4 members (excludes halogenated alkanes) is 1. The lowest BCUT2D eigenvalue weighted by atomic mass is 9.96. The first-order chi connectivity index (χ1) is 14.2. The Labute approximate surface area is 180 Å². The number of methoxy groups -OCH3 is 1. The summed E-state index contributed by atoms with van der Waals surface area (Å²) in [6.45, 7) is 9.82. The zero-order valence-corrected chi connectivity index (χ0v) is 19.0. The number of nitrogens with zero attached hydrogens (tertiary/aromatic N) is 1. The average Bonchev–Trinajstić information content (AvgIpc) is 2.71.